The van der Waals surface area contributed by atoms with Gasteiger partial charge in [-0.1, -0.05) is 35.9 Å². The minimum absolute atomic E-state index is 0.0541. The van der Waals surface area contributed by atoms with Crippen molar-refractivity contribution in [1.82, 2.24) is 10.6 Å². The van der Waals surface area contributed by atoms with E-state index >= 15 is 0 Å². The summed E-state index contributed by atoms with van der Waals surface area (Å²) in [6, 6.07) is 15.9. The van der Waals surface area contributed by atoms with Crippen molar-refractivity contribution >= 4 is 23.1 Å². The molecule has 30 heavy (non-hydrogen) atoms. The van der Waals surface area contributed by atoms with E-state index in [1.165, 1.54) is 5.57 Å². The van der Waals surface area contributed by atoms with Crippen molar-refractivity contribution in [3.8, 4) is 5.75 Å². The van der Waals surface area contributed by atoms with E-state index < -0.39 is 5.66 Å². The SMILES string of the molecule is CCOC(=O)C1C(c2ccc(Cl)cc2)CC(c2ccc(OC)cc2)=CC12NCCN2. The summed E-state index contributed by atoms with van der Waals surface area (Å²) in [6.07, 6.45) is 2.90. The Morgan fingerprint density at radius 1 is 1.10 bits per heavy atom. The molecular weight excluding hydrogens is 400 g/mol. The lowest BCUT2D eigenvalue weighted by Gasteiger charge is -2.43. The minimum atomic E-state index is -0.649. The van der Waals surface area contributed by atoms with Gasteiger partial charge in [0, 0.05) is 24.0 Å². The van der Waals surface area contributed by atoms with Crippen LogP contribution in [0.2, 0.25) is 5.02 Å². The zero-order valence-electron chi connectivity index (χ0n) is 17.3. The Bertz CT molecular complexity index is 918. The van der Waals surface area contributed by atoms with Gasteiger partial charge in [-0.15, -0.1) is 0 Å². The first kappa shape index (κ1) is 20.9. The van der Waals surface area contributed by atoms with Gasteiger partial charge >= 0.3 is 5.97 Å². The van der Waals surface area contributed by atoms with Crippen LogP contribution in [0.5, 0.6) is 5.75 Å². The highest BCUT2D eigenvalue weighted by Crippen LogP contribution is 2.46. The monoisotopic (exact) mass is 426 g/mol. The van der Waals surface area contributed by atoms with Crippen LogP contribution in [0.4, 0.5) is 0 Å². The molecule has 2 atom stereocenters. The van der Waals surface area contributed by atoms with Gasteiger partial charge < -0.3 is 9.47 Å². The Morgan fingerprint density at radius 3 is 2.37 bits per heavy atom. The molecule has 158 valence electrons. The molecule has 5 nitrogen and oxygen atoms in total. The van der Waals surface area contributed by atoms with Gasteiger partial charge in [0.1, 0.15) is 11.4 Å². The number of methoxy groups -OCH3 is 1. The molecule has 1 spiro atoms. The Hall–Kier alpha value is -2.34. The Morgan fingerprint density at radius 2 is 1.77 bits per heavy atom. The zero-order chi connectivity index (χ0) is 21.1. The number of carbonyl (C=O) groups excluding carboxylic acids is 1. The summed E-state index contributed by atoms with van der Waals surface area (Å²) < 4.78 is 10.8. The molecule has 0 bridgehead atoms. The summed E-state index contributed by atoms with van der Waals surface area (Å²) in [6.45, 7) is 3.78. The van der Waals surface area contributed by atoms with Crippen LogP contribution >= 0.6 is 11.6 Å². The fourth-order valence-corrected chi connectivity index (χ4v) is 4.75. The van der Waals surface area contributed by atoms with E-state index in [9.17, 15) is 4.79 Å². The molecule has 2 N–H and O–H groups in total. The number of ether oxygens (including phenoxy) is 2. The van der Waals surface area contributed by atoms with Gasteiger partial charge in [-0.05, 0) is 60.4 Å². The number of nitrogens with one attached hydrogen (secondary N) is 2. The number of benzene rings is 2. The van der Waals surface area contributed by atoms with Crippen LogP contribution < -0.4 is 15.4 Å². The quantitative estimate of drug-likeness (QED) is 0.708. The second-order valence-electron chi connectivity index (χ2n) is 7.71. The molecule has 2 aliphatic rings. The summed E-state index contributed by atoms with van der Waals surface area (Å²) in [5, 5.41) is 7.79. The third kappa shape index (κ3) is 3.97. The fourth-order valence-electron chi connectivity index (χ4n) is 4.63. The predicted molar refractivity (Wildman–Crippen MR) is 119 cm³/mol. The highest BCUT2D eigenvalue weighted by molar-refractivity contribution is 6.30. The van der Waals surface area contributed by atoms with E-state index in [2.05, 4.69) is 28.8 Å². The molecule has 6 heteroatoms. The number of allylic oxidation sites excluding steroid dienone is 1. The average Bonchev–Trinajstić information content (AvgIpc) is 3.22. The summed E-state index contributed by atoms with van der Waals surface area (Å²) >= 11 is 6.13. The molecule has 2 unspecified atom stereocenters. The largest absolute Gasteiger partial charge is 0.497 e. The molecule has 2 aromatic carbocycles. The molecule has 4 rings (SSSR count). The highest BCUT2D eigenvalue weighted by Gasteiger charge is 2.51. The van der Waals surface area contributed by atoms with Crippen LogP contribution in [0.15, 0.2) is 54.6 Å². The summed E-state index contributed by atoms with van der Waals surface area (Å²) in [5.41, 5.74) is 2.72. The van der Waals surface area contributed by atoms with Gasteiger partial charge in [0.05, 0.1) is 19.6 Å². The molecular formula is C24H27ClN2O3. The maximum absolute atomic E-state index is 13.2. The lowest BCUT2D eigenvalue weighted by atomic mass is 9.69. The standard InChI is InChI=1S/C24H27ClN2O3/c1-3-30-23(28)22-21(17-4-8-19(25)9-5-17)14-18(15-24(22)26-12-13-27-24)16-6-10-20(29-2)11-7-16/h4-11,15,21-22,26-27H,3,12-14H2,1-2H3. The summed E-state index contributed by atoms with van der Waals surface area (Å²) in [7, 11) is 1.66. The molecule has 1 heterocycles. The van der Waals surface area contributed by atoms with E-state index in [1.807, 2.05) is 43.3 Å². The Kier molecular flexibility index (Phi) is 6.14. The summed E-state index contributed by atoms with van der Waals surface area (Å²) in [4.78, 5) is 13.2. The molecule has 1 aliphatic heterocycles. The molecule has 0 amide bonds. The number of esters is 1. The number of carbonyl (C=O) groups is 1. The van der Waals surface area contributed by atoms with Gasteiger partial charge in [-0.3, -0.25) is 15.4 Å². The number of hydrogen-bond donors (Lipinski definition) is 2. The van der Waals surface area contributed by atoms with Crippen molar-refractivity contribution in [2.24, 2.45) is 5.92 Å². The Balaban J connectivity index is 1.81. The second-order valence-corrected chi connectivity index (χ2v) is 8.15. The second kappa shape index (κ2) is 8.80. The van der Waals surface area contributed by atoms with Crippen LogP contribution in [0.1, 0.15) is 30.4 Å². The third-order valence-corrected chi connectivity index (χ3v) is 6.25. The van der Waals surface area contributed by atoms with E-state index in [-0.39, 0.29) is 17.8 Å². The van der Waals surface area contributed by atoms with Crippen molar-refractivity contribution in [3.05, 3.63) is 70.8 Å². The first-order valence-electron chi connectivity index (χ1n) is 10.3. The maximum atomic E-state index is 13.2. The van der Waals surface area contributed by atoms with Crippen molar-refractivity contribution in [3.63, 3.8) is 0 Å². The number of halogens is 1. The lowest BCUT2D eigenvalue weighted by Crippen LogP contribution is -2.60. The third-order valence-electron chi connectivity index (χ3n) is 5.99. The van der Waals surface area contributed by atoms with Crippen LogP contribution in [0.25, 0.3) is 5.57 Å². The van der Waals surface area contributed by atoms with E-state index in [4.69, 9.17) is 21.1 Å². The zero-order valence-corrected chi connectivity index (χ0v) is 18.0. The Labute approximate surface area is 182 Å². The fraction of sp³-hybridized carbons (Fsp3) is 0.375. The average molecular weight is 427 g/mol. The van der Waals surface area contributed by atoms with Gasteiger partial charge in [0.15, 0.2) is 0 Å². The first-order valence-corrected chi connectivity index (χ1v) is 10.7. The smallest absolute Gasteiger partial charge is 0.313 e. The van der Waals surface area contributed by atoms with Gasteiger partial charge in [-0.25, -0.2) is 0 Å². The molecule has 0 aromatic heterocycles. The highest BCUT2D eigenvalue weighted by atomic mass is 35.5. The van der Waals surface area contributed by atoms with Gasteiger partial charge in [0.2, 0.25) is 0 Å². The van der Waals surface area contributed by atoms with E-state index in [1.54, 1.807) is 7.11 Å². The molecule has 1 saturated heterocycles. The van der Waals surface area contributed by atoms with Gasteiger partial charge in [-0.2, -0.15) is 0 Å². The van der Waals surface area contributed by atoms with Crippen LogP contribution in [0, 0.1) is 5.92 Å². The van der Waals surface area contributed by atoms with Crippen LogP contribution in [0.3, 0.4) is 0 Å². The van der Waals surface area contributed by atoms with Crippen molar-refractivity contribution in [2.45, 2.75) is 24.9 Å². The number of rotatable bonds is 5. The minimum Gasteiger partial charge on any atom is -0.497 e. The van der Waals surface area contributed by atoms with Crippen molar-refractivity contribution in [1.29, 1.82) is 0 Å². The molecule has 0 radical (unpaired) electrons. The first-order chi connectivity index (χ1) is 14.6. The lowest BCUT2D eigenvalue weighted by molar-refractivity contribution is -0.151. The molecule has 2 aromatic rings. The van der Waals surface area contributed by atoms with Crippen LogP contribution in [-0.2, 0) is 9.53 Å². The maximum Gasteiger partial charge on any atom is 0.313 e. The normalized spacial score (nSPS) is 22.6. The molecule has 1 aliphatic carbocycles. The van der Waals surface area contributed by atoms with Gasteiger partial charge in [0.25, 0.3) is 0 Å². The van der Waals surface area contributed by atoms with Crippen molar-refractivity contribution < 1.29 is 14.3 Å². The molecule has 0 saturated carbocycles. The molecule has 1 fully saturated rings. The number of hydrogen-bond acceptors (Lipinski definition) is 5. The van der Waals surface area contributed by atoms with E-state index in [0.717, 1.165) is 36.4 Å². The van der Waals surface area contributed by atoms with Crippen molar-refractivity contribution in [2.75, 3.05) is 26.8 Å². The predicted octanol–water partition coefficient (Wildman–Crippen LogP) is 3.99. The topological polar surface area (TPSA) is 59.6 Å². The van der Waals surface area contributed by atoms with E-state index in [0.29, 0.717) is 11.6 Å². The van der Waals surface area contributed by atoms with Crippen LogP contribution in [-0.4, -0.2) is 38.4 Å². The summed E-state index contributed by atoms with van der Waals surface area (Å²) in [5.74, 6) is 0.190.